The Kier molecular flexibility index (Phi) is 7.38. The molecule has 0 heterocycles. The number of hydrogen-bond donors (Lipinski definition) is 0. The van der Waals surface area contributed by atoms with E-state index < -0.39 is 0 Å². The van der Waals surface area contributed by atoms with Crippen LogP contribution in [0.5, 0.6) is 11.5 Å². The largest absolute Gasteiger partial charge is 0.490 e. The summed E-state index contributed by atoms with van der Waals surface area (Å²) < 4.78 is 11.6. The molecule has 2 aromatic rings. The minimum Gasteiger partial charge on any atom is -0.490 e. The molecule has 26 heavy (non-hydrogen) atoms. The van der Waals surface area contributed by atoms with E-state index in [0.717, 1.165) is 12.0 Å². The van der Waals surface area contributed by atoms with Crippen LogP contribution in [0.4, 0.5) is 0 Å². The Morgan fingerprint density at radius 1 is 1.19 bits per heavy atom. The third kappa shape index (κ3) is 4.94. The summed E-state index contributed by atoms with van der Waals surface area (Å²) in [5.74, 6) is 1.08. The number of halogens is 2. The molecule has 0 fully saturated rings. The molecular weight excluding hydrogens is 369 g/mol. The van der Waals surface area contributed by atoms with Gasteiger partial charge >= 0.3 is 0 Å². The first-order chi connectivity index (χ1) is 12.5. The first-order valence-electron chi connectivity index (χ1n) is 8.49. The normalized spacial score (nSPS) is 12.4. The van der Waals surface area contributed by atoms with E-state index in [4.69, 9.17) is 32.7 Å². The van der Waals surface area contributed by atoms with Crippen LogP contribution in [0.1, 0.15) is 38.3 Å². The maximum Gasteiger partial charge on any atom is 0.180 e. The van der Waals surface area contributed by atoms with E-state index in [1.165, 1.54) is 0 Å². The average Bonchev–Trinajstić information content (AvgIpc) is 2.63. The number of nitrogens with zero attached hydrogens (tertiary/aromatic N) is 1. The number of ether oxygens (including phenoxy) is 2. The van der Waals surface area contributed by atoms with Crippen molar-refractivity contribution in [3.05, 3.63) is 57.6 Å². The van der Waals surface area contributed by atoms with E-state index >= 15 is 0 Å². The molecule has 0 amide bonds. The van der Waals surface area contributed by atoms with E-state index in [0.29, 0.717) is 39.3 Å². The van der Waals surface area contributed by atoms with Crippen LogP contribution in [0, 0.1) is 11.3 Å². The van der Waals surface area contributed by atoms with Gasteiger partial charge in [-0.3, -0.25) is 0 Å². The Morgan fingerprint density at radius 2 is 1.92 bits per heavy atom. The third-order valence-corrected chi connectivity index (χ3v) is 4.43. The summed E-state index contributed by atoms with van der Waals surface area (Å²) in [5, 5.41) is 10.5. The molecule has 1 atom stereocenters. The van der Waals surface area contributed by atoms with Gasteiger partial charge in [0.1, 0.15) is 0 Å². The Bertz CT molecular complexity index is 840. The van der Waals surface area contributed by atoms with Crippen molar-refractivity contribution in [3.8, 4) is 17.6 Å². The second-order valence-electron chi connectivity index (χ2n) is 5.75. The molecule has 136 valence electrons. The summed E-state index contributed by atoms with van der Waals surface area (Å²) in [4.78, 5) is 0. The van der Waals surface area contributed by atoms with E-state index in [1.54, 1.807) is 18.2 Å². The molecule has 0 aliphatic rings. The molecule has 2 aromatic carbocycles. The quantitative estimate of drug-likeness (QED) is 0.393. The maximum absolute atomic E-state index is 9.55. The lowest BCUT2D eigenvalue weighted by atomic mass is 10.0. The standard InChI is InChI=1S/C21H21Cl2NO2/c1-4-14(3)26-21-19(23)11-15(12-20(21)25-5-2)10-16(13-24)17-8-6-7-9-18(17)22/h6-12,14H,4-5H2,1-3H3. The second kappa shape index (κ2) is 9.52. The SMILES string of the molecule is CCOc1cc(C=C(C#N)c2ccccc2Cl)cc(Cl)c1OC(C)CC. The Labute approximate surface area is 164 Å². The summed E-state index contributed by atoms with van der Waals surface area (Å²) in [6, 6.07) is 13.0. The van der Waals surface area contributed by atoms with Crippen LogP contribution < -0.4 is 9.47 Å². The van der Waals surface area contributed by atoms with E-state index in [-0.39, 0.29) is 6.10 Å². The van der Waals surface area contributed by atoms with E-state index in [9.17, 15) is 5.26 Å². The lowest BCUT2D eigenvalue weighted by molar-refractivity contribution is 0.203. The molecule has 3 nitrogen and oxygen atoms in total. The zero-order valence-corrected chi connectivity index (χ0v) is 16.6. The zero-order valence-electron chi connectivity index (χ0n) is 15.1. The van der Waals surface area contributed by atoms with Gasteiger partial charge in [-0.2, -0.15) is 5.26 Å². The molecule has 0 aromatic heterocycles. The molecule has 0 saturated heterocycles. The van der Waals surface area contributed by atoms with E-state index in [2.05, 4.69) is 6.07 Å². The van der Waals surface area contributed by atoms with E-state index in [1.807, 2.05) is 45.0 Å². The molecule has 2 rings (SSSR count). The van der Waals surface area contributed by atoms with Crippen LogP contribution in [0.15, 0.2) is 36.4 Å². The fourth-order valence-corrected chi connectivity index (χ4v) is 2.85. The molecule has 5 heteroatoms. The molecule has 1 unspecified atom stereocenters. The molecule has 0 radical (unpaired) electrons. The van der Waals surface area contributed by atoms with Gasteiger partial charge in [0, 0.05) is 10.6 Å². The average molecular weight is 390 g/mol. The number of hydrogen-bond acceptors (Lipinski definition) is 3. The van der Waals surface area contributed by atoms with Crippen LogP contribution >= 0.6 is 23.2 Å². The van der Waals surface area contributed by atoms with Gasteiger partial charge in [0.05, 0.1) is 29.4 Å². The predicted octanol–water partition coefficient (Wildman–Crippen LogP) is 6.63. The highest BCUT2D eigenvalue weighted by molar-refractivity contribution is 6.33. The lowest BCUT2D eigenvalue weighted by Crippen LogP contribution is -2.11. The minimum atomic E-state index is 0.0193. The predicted molar refractivity (Wildman–Crippen MR) is 108 cm³/mol. The van der Waals surface area contributed by atoms with Gasteiger partial charge < -0.3 is 9.47 Å². The van der Waals surface area contributed by atoms with Gasteiger partial charge in [-0.25, -0.2) is 0 Å². The fourth-order valence-electron chi connectivity index (χ4n) is 2.35. The Balaban J connectivity index is 2.49. The van der Waals surface area contributed by atoms with Gasteiger partial charge in [-0.15, -0.1) is 0 Å². The topological polar surface area (TPSA) is 42.2 Å². The minimum absolute atomic E-state index is 0.0193. The highest BCUT2D eigenvalue weighted by Crippen LogP contribution is 2.38. The second-order valence-corrected chi connectivity index (χ2v) is 6.56. The van der Waals surface area contributed by atoms with Crippen LogP contribution in [0.3, 0.4) is 0 Å². The molecule has 0 bridgehead atoms. The smallest absolute Gasteiger partial charge is 0.180 e. The van der Waals surface area contributed by atoms with Crippen molar-refractivity contribution in [3.63, 3.8) is 0 Å². The molecular formula is C21H21Cl2NO2. The van der Waals surface area contributed by atoms with Crippen molar-refractivity contribution in [1.29, 1.82) is 5.26 Å². The van der Waals surface area contributed by atoms with Crippen molar-refractivity contribution >= 4 is 34.9 Å². The summed E-state index contributed by atoms with van der Waals surface area (Å²) in [7, 11) is 0. The summed E-state index contributed by atoms with van der Waals surface area (Å²) in [6.45, 7) is 6.40. The molecule has 0 aliphatic carbocycles. The number of benzene rings is 2. The lowest BCUT2D eigenvalue weighted by Gasteiger charge is -2.18. The zero-order chi connectivity index (χ0) is 19.1. The summed E-state index contributed by atoms with van der Waals surface area (Å²) in [5.41, 5.74) is 1.86. The van der Waals surface area contributed by atoms with Crippen LogP contribution in [0.25, 0.3) is 11.6 Å². The molecule has 0 spiro atoms. The third-order valence-electron chi connectivity index (χ3n) is 3.82. The maximum atomic E-state index is 9.55. The first-order valence-corrected chi connectivity index (χ1v) is 9.25. The summed E-state index contributed by atoms with van der Waals surface area (Å²) >= 11 is 12.6. The fraction of sp³-hybridized carbons (Fsp3) is 0.286. The van der Waals surface area contributed by atoms with Crippen LogP contribution in [-0.2, 0) is 0 Å². The Hall–Kier alpha value is -2.15. The van der Waals surface area contributed by atoms with Gasteiger partial charge in [0.2, 0.25) is 0 Å². The van der Waals surface area contributed by atoms with Gasteiger partial charge in [0.25, 0.3) is 0 Å². The molecule has 0 N–H and O–H groups in total. The van der Waals surface area contributed by atoms with Crippen LogP contribution in [0.2, 0.25) is 10.0 Å². The molecule has 0 aliphatic heterocycles. The van der Waals surface area contributed by atoms with Crippen molar-refractivity contribution in [2.24, 2.45) is 0 Å². The first kappa shape index (κ1) is 20.2. The summed E-state index contributed by atoms with van der Waals surface area (Å²) in [6.07, 6.45) is 2.61. The highest BCUT2D eigenvalue weighted by Gasteiger charge is 2.15. The van der Waals surface area contributed by atoms with Crippen molar-refractivity contribution in [2.45, 2.75) is 33.3 Å². The number of rotatable bonds is 7. The van der Waals surface area contributed by atoms with Crippen LogP contribution in [-0.4, -0.2) is 12.7 Å². The van der Waals surface area contributed by atoms with Gasteiger partial charge in [0.15, 0.2) is 11.5 Å². The highest BCUT2D eigenvalue weighted by atomic mass is 35.5. The molecule has 0 saturated carbocycles. The van der Waals surface area contributed by atoms with Crippen molar-refractivity contribution in [2.75, 3.05) is 6.61 Å². The monoisotopic (exact) mass is 389 g/mol. The van der Waals surface area contributed by atoms with Crippen molar-refractivity contribution < 1.29 is 9.47 Å². The Morgan fingerprint density at radius 3 is 2.54 bits per heavy atom. The number of allylic oxidation sites excluding steroid dienone is 1. The number of nitriles is 1. The van der Waals surface area contributed by atoms with Gasteiger partial charge in [-0.05, 0) is 50.1 Å². The van der Waals surface area contributed by atoms with Gasteiger partial charge in [-0.1, -0.05) is 48.3 Å². The van der Waals surface area contributed by atoms with Crippen molar-refractivity contribution in [1.82, 2.24) is 0 Å².